The number of nitrogens with zero attached hydrogens (tertiary/aromatic N) is 1. The second kappa shape index (κ2) is 11.5. The van der Waals surface area contributed by atoms with Crippen LogP contribution in [0.3, 0.4) is 0 Å². The summed E-state index contributed by atoms with van der Waals surface area (Å²) >= 11 is 0. The van der Waals surface area contributed by atoms with E-state index >= 15 is 0 Å². The Hall–Kier alpha value is -4.86. The molecular formula is C32H25NO5. The SMILES string of the molecule is CN(CC#CCOc1ccc2c(=O)c3ccccc3oc2c1)Cc1cccc(OC(=O)c2ccccc2)c1. The van der Waals surface area contributed by atoms with Crippen LogP contribution >= 0.6 is 0 Å². The van der Waals surface area contributed by atoms with Crippen LogP contribution in [0.5, 0.6) is 11.5 Å². The molecule has 0 N–H and O–H groups in total. The zero-order valence-electron chi connectivity index (χ0n) is 20.8. The van der Waals surface area contributed by atoms with Gasteiger partial charge in [0.2, 0.25) is 5.43 Å². The molecular weight excluding hydrogens is 478 g/mol. The lowest BCUT2D eigenvalue weighted by atomic mass is 10.1. The van der Waals surface area contributed by atoms with E-state index in [9.17, 15) is 9.59 Å². The van der Waals surface area contributed by atoms with Gasteiger partial charge in [-0.15, -0.1) is 0 Å². The molecule has 188 valence electrons. The number of para-hydroxylation sites is 1. The number of fused-ring (bicyclic) bond motifs is 2. The highest BCUT2D eigenvalue weighted by molar-refractivity contribution is 5.91. The van der Waals surface area contributed by atoms with Gasteiger partial charge in [-0.25, -0.2) is 4.79 Å². The number of rotatable bonds is 7. The van der Waals surface area contributed by atoms with E-state index < -0.39 is 0 Å². The summed E-state index contributed by atoms with van der Waals surface area (Å²) in [5.41, 5.74) is 2.49. The van der Waals surface area contributed by atoms with Gasteiger partial charge in [0.05, 0.1) is 22.9 Å². The third-order valence-electron chi connectivity index (χ3n) is 5.91. The number of carbonyl (C=O) groups excluding carboxylic acids is 1. The summed E-state index contributed by atoms with van der Waals surface area (Å²) < 4.78 is 17.1. The van der Waals surface area contributed by atoms with Gasteiger partial charge in [0.15, 0.2) is 0 Å². The van der Waals surface area contributed by atoms with Crippen LogP contribution in [0.2, 0.25) is 0 Å². The second-order valence-electron chi connectivity index (χ2n) is 8.80. The highest BCUT2D eigenvalue weighted by Crippen LogP contribution is 2.23. The zero-order valence-corrected chi connectivity index (χ0v) is 20.8. The first kappa shape index (κ1) is 24.8. The third kappa shape index (κ3) is 5.92. The molecule has 6 nitrogen and oxygen atoms in total. The van der Waals surface area contributed by atoms with Crippen molar-refractivity contribution < 1.29 is 18.7 Å². The number of benzene rings is 4. The van der Waals surface area contributed by atoms with E-state index in [1.165, 1.54) is 0 Å². The summed E-state index contributed by atoms with van der Waals surface area (Å²) in [6, 6.07) is 28.7. The topological polar surface area (TPSA) is 69.0 Å². The van der Waals surface area contributed by atoms with Gasteiger partial charge in [0, 0.05) is 12.6 Å². The van der Waals surface area contributed by atoms with Crippen LogP contribution < -0.4 is 14.9 Å². The van der Waals surface area contributed by atoms with E-state index in [-0.39, 0.29) is 18.0 Å². The van der Waals surface area contributed by atoms with Gasteiger partial charge in [0.25, 0.3) is 0 Å². The lowest BCUT2D eigenvalue weighted by Crippen LogP contribution is -2.18. The average Bonchev–Trinajstić information content (AvgIpc) is 2.93. The molecule has 0 aliphatic carbocycles. The van der Waals surface area contributed by atoms with Gasteiger partial charge < -0.3 is 13.9 Å². The lowest BCUT2D eigenvalue weighted by molar-refractivity contribution is 0.0734. The van der Waals surface area contributed by atoms with E-state index in [4.69, 9.17) is 13.9 Å². The summed E-state index contributed by atoms with van der Waals surface area (Å²) in [6.45, 7) is 1.39. The Morgan fingerprint density at radius 1 is 0.816 bits per heavy atom. The van der Waals surface area contributed by atoms with Gasteiger partial charge in [-0.05, 0) is 61.1 Å². The van der Waals surface area contributed by atoms with Crippen LogP contribution in [-0.4, -0.2) is 31.1 Å². The quantitative estimate of drug-likeness (QED) is 0.123. The fourth-order valence-corrected chi connectivity index (χ4v) is 4.05. The van der Waals surface area contributed by atoms with Crippen LogP contribution in [-0.2, 0) is 6.54 Å². The fraction of sp³-hybridized carbons (Fsp3) is 0.125. The molecule has 38 heavy (non-hydrogen) atoms. The zero-order chi connectivity index (χ0) is 26.3. The fourth-order valence-electron chi connectivity index (χ4n) is 4.05. The molecule has 5 rings (SSSR count). The summed E-state index contributed by atoms with van der Waals surface area (Å²) in [7, 11) is 1.97. The average molecular weight is 504 g/mol. The maximum atomic E-state index is 12.7. The Balaban J connectivity index is 1.14. The maximum Gasteiger partial charge on any atom is 0.343 e. The summed E-state index contributed by atoms with van der Waals surface area (Å²) in [5.74, 6) is 6.83. The van der Waals surface area contributed by atoms with Crippen LogP contribution in [0, 0.1) is 11.8 Å². The highest BCUT2D eigenvalue weighted by atomic mass is 16.5. The van der Waals surface area contributed by atoms with Crippen molar-refractivity contribution in [2.24, 2.45) is 0 Å². The van der Waals surface area contributed by atoms with Crippen molar-refractivity contribution in [3.05, 3.63) is 118 Å². The minimum Gasteiger partial charge on any atom is -0.481 e. The lowest BCUT2D eigenvalue weighted by Gasteiger charge is -2.14. The molecule has 0 bridgehead atoms. The van der Waals surface area contributed by atoms with Crippen LogP contribution in [0.1, 0.15) is 15.9 Å². The Kier molecular flexibility index (Phi) is 7.49. The summed E-state index contributed by atoms with van der Waals surface area (Å²) in [6.07, 6.45) is 0. The van der Waals surface area contributed by atoms with E-state index in [0.717, 1.165) is 5.56 Å². The first-order chi connectivity index (χ1) is 18.6. The van der Waals surface area contributed by atoms with E-state index in [2.05, 4.69) is 16.7 Å². The molecule has 0 atom stereocenters. The minimum absolute atomic E-state index is 0.0591. The normalized spacial score (nSPS) is 10.8. The van der Waals surface area contributed by atoms with E-state index in [0.29, 0.717) is 52.1 Å². The molecule has 0 aliphatic rings. The smallest absolute Gasteiger partial charge is 0.343 e. The number of carbonyl (C=O) groups is 1. The number of hydrogen-bond donors (Lipinski definition) is 0. The monoisotopic (exact) mass is 503 g/mol. The minimum atomic E-state index is -0.385. The van der Waals surface area contributed by atoms with Crippen molar-refractivity contribution >= 4 is 27.9 Å². The van der Waals surface area contributed by atoms with Crippen LogP contribution in [0.25, 0.3) is 21.9 Å². The maximum absolute atomic E-state index is 12.7. The molecule has 0 aliphatic heterocycles. The van der Waals surface area contributed by atoms with Gasteiger partial charge in [-0.3, -0.25) is 9.69 Å². The van der Waals surface area contributed by atoms with E-state index in [1.807, 2.05) is 43.4 Å². The highest BCUT2D eigenvalue weighted by Gasteiger charge is 2.09. The van der Waals surface area contributed by atoms with E-state index in [1.54, 1.807) is 60.7 Å². The number of hydrogen-bond acceptors (Lipinski definition) is 6. The molecule has 0 radical (unpaired) electrons. The molecule has 0 saturated heterocycles. The predicted molar refractivity (Wildman–Crippen MR) is 147 cm³/mol. The largest absolute Gasteiger partial charge is 0.481 e. The van der Waals surface area contributed by atoms with Crippen molar-refractivity contribution in [3.8, 4) is 23.3 Å². The summed E-state index contributed by atoms with van der Waals surface area (Å²) in [5, 5.41) is 1.08. The molecule has 0 spiro atoms. The Labute approximate surface area is 220 Å². The van der Waals surface area contributed by atoms with Gasteiger partial charge in [-0.1, -0.05) is 54.3 Å². The third-order valence-corrected chi connectivity index (χ3v) is 5.91. The predicted octanol–water partition coefficient (Wildman–Crippen LogP) is 5.68. The molecule has 0 unspecified atom stereocenters. The van der Waals surface area contributed by atoms with Crippen molar-refractivity contribution in [1.82, 2.24) is 4.90 Å². The molecule has 6 heteroatoms. The standard InChI is InChI=1S/C32H25NO5/c1-33(22-23-10-9-13-26(20-23)37-32(35)24-11-3-2-4-12-24)18-7-8-19-36-25-16-17-28-30(21-25)38-29-15-6-5-14-27(29)31(28)34/h2-6,9-17,20-21H,18-19,22H2,1H3. The van der Waals surface area contributed by atoms with Crippen molar-refractivity contribution in [2.75, 3.05) is 20.2 Å². The molecule has 5 aromatic rings. The van der Waals surface area contributed by atoms with Gasteiger partial charge in [0.1, 0.15) is 29.3 Å². The first-order valence-corrected chi connectivity index (χ1v) is 12.2. The number of ether oxygens (including phenoxy) is 2. The van der Waals surface area contributed by atoms with Crippen molar-refractivity contribution in [3.63, 3.8) is 0 Å². The molecule has 0 fully saturated rings. The molecule has 0 amide bonds. The Bertz CT molecular complexity index is 1710. The van der Waals surface area contributed by atoms with Crippen molar-refractivity contribution in [1.29, 1.82) is 0 Å². The molecule has 1 aromatic heterocycles. The number of esters is 1. The second-order valence-corrected chi connectivity index (χ2v) is 8.80. The molecule has 0 saturated carbocycles. The van der Waals surface area contributed by atoms with Crippen LogP contribution in [0.4, 0.5) is 0 Å². The van der Waals surface area contributed by atoms with Crippen LogP contribution in [0.15, 0.2) is 106 Å². The first-order valence-electron chi connectivity index (χ1n) is 12.2. The Morgan fingerprint density at radius 2 is 1.61 bits per heavy atom. The molecule has 1 heterocycles. The molecule has 4 aromatic carbocycles. The van der Waals surface area contributed by atoms with Gasteiger partial charge in [-0.2, -0.15) is 0 Å². The van der Waals surface area contributed by atoms with Crippen molar-refractivity contribution in [2.45, 2.75) is 6.54 Å². The summed E-state index contributed by atoms with van der Waals surface area (Å²) in [4.78, 5) is 27.0. The van der Waals surface area contributed by atoms with Gasteiger partial charge >= 0.3 is 5.97 Å². The Morgan fingerprint density at radius 3 is 2.47 bits per heavy atom.